The molecule has 6 nitrogen and oxygen atoms in total. The summed E-state index contributed by atoms with van der Waals surface area (Å²) in [6.07, 6.45) is 0.856. The number of nitrogens with one attached hydrogen (secondary N) is 1. The van der Waals surface area contributed by atoms with Gasteiger partial charge in [-0.3, -0.25) is 9.69 Å². The fraction of sp³-hybridized carbons (Fsp3) is 0.611. The van der Waals surface area contributed by atoms with Crippen molar-refractivity contribution in [2.45, 2.75) is 50.6 Å². The standard InChI is InChI=1S/C18H29N3O3S/c1-5-18(3,4)19-17(22)15(2)20-11-13-21(14-12-20)25(23,24)16-9-7-6-8-10-16/h6-10,15H,5,11-14H2,1-4H3,(H,19,22). The summed E-state index contributed by atoms with van der Waals surface area (Å²) in [6.45, 7) is 9.81. The van der Waals surface area contributed by atoms with Crippen LogP contribution in [0.4, 0.5) is 0 Å². The van der Waals surface area contributed by atoms with E-state index in [1.54, 1.807) is 30.3 Å². The van der Waals surface area contributed by atoms with E-state index >= 15 is 0 Å². The number of carbonyl (C=O) groups is 1. The lowest BCUT2D eigenvalue weighted by Gasteiger charge is -2.38. The highest BCUT2D eigenvalue weighted by Crippen LogP contribution is 2.18. The smallest absolute Gasteiger partial charge is 0.243 e. The molecule has 1 amide bonds. The lowest BCUT2D eigenvalue weighted by molar-refractivity contribution is -0.128. The SMILES string of the molecule is CCC(C)(C)NC(=O)C(C)N1CCN(S(=O)(=O)c2ccccc2)CC1. The Kier molecular flexibility index (Phi) is 6.24. The van der Waals surface area contributed by atoms with Crippen LogP contribution in [0.2, 0.25) is 0 Å². The number of hydrogen-bond acceptors (Lipinski definition) is 4. The van der Waals surface area contributed by atoms with Crippen molar-refractivity contribution in [3.63, 3.8) is 0 Å². The minimum Gasteiger partial charge on any atom is -0.350 e. The van der Waals surface area contributed by atoms with Crippen molar-refractivity contribution in [3.05, 3.63) is 30.3 Å². The number of hydrogen-bond donors (Lipinski definition) is 1. The first-order chi connectivity index (χ1) is 11.7. The van der Waals surface area contributed by atoms with Crippen molar-refractivity contribution in [3.8, 4) is 0 Å². The third kappa shape index (κ3) is 4.80. The van der Waals surface area contributed by atoms with Crippen LogP contribution in [0.1, 0.15) is 34.1 Å². The van der Waals surface area contributed by atoms with E-state index in [1.807, 2.05) is 32.6 Å². The van der Waals surface area contributed by atoms with E-state index in [9.17, 15) is 13.2 Å². The first-order valence-electron chi connectivity index (χ1n) is 8.78. The molecule has 140 valence electrons. The second-order valence-electron chi connectivity index (χ2n) is 7.16. The molecule has 0 spiro atoms. The minimum atomic E-state index is -3.46. The zero-order chi connectivity index (χ0) is 18.7. The Hall–Kier alpha value is -1.44. The van der Waals surface area contributed by atoms with E-state index in [-0.39, 0.29) is 17.5 Å². The number of rotatable bonds is 6. The number of piperazine rings is 1. The summed E-state index contributed by atoms with van der Waals surface area (Å²) >= 11 is 0. The van der Waals surface area contributed by atoms with Gasteiger partial charge in [0.1, 0.15) is 0 Å². The number of carbonyl (C=O) groups excluding carboxylic acids is 1. The molecule has 0 radical (unpaired) electrons. The second kappa shape index (κ2) is 7.85. The summed E-state index contributed by atoms with van der Waals surface area (Å²) in [5, 5.41) is 3.06. The van der Waals surface area contributed by atoms with Crippen LogP contribution >= 0.6 is 0 Å². The highest BCUT2D eigenvalue weighted by atomic mass is 32.2. The number of amides is 1. The van der Waals surface area contributed by atoms with E-state index in [0.717, 1.165) is 6.42 Å². The monoisotopic (exact) mass is 367 g/mol. The van der Waals surface area contributed by atoms with Gasteiger partial charge < -0.3 is 5.32 Å². The van der Waals surface area contributed by atoms with Gasteiger partial charge in [-0.25, -0.2) is 8.42 Å². The molecule has 0 bridgehead atoms. The Labute approximate surface area is 151 Å². The third-order valence-electron chi connectivity index (χ3n) is 4.93. The number of sulfonamides is 1. The van der Waals surface area contributed by atoms with Crippen molar-refractivity contribution in [2.24, 2.45) is 0 Å². The molecule has 0 aromatic heterocycles. The van der Waals surface area contributed by atoms with Crippen LogP contribution in [0, 0.1) is 0 Å². The molecule has 1 atom stereocenters. The zero-order valence-electron chi connectivity index (χ0n) is 15.5. The highest BCUT2D eigenvalue weighted by molar-refractivity contribution is 7.89. The van der Waals surface area contributed by atoms with Crippen molar-refractivity contribution < 1.29 is 13.2 Å². The quantitative estimate of drug-likeness (QED) is 0.831. The summed E-state index contributed by atoms with van der Waals surface area (Å²) in [5.41, 5.74) is -0.232. The fourth-order valence-corrected chi connectivity index (χ4v) is 4.21. The highest BCUT2D eigenvalue weighted by Gasteiger charge is 2.32. The number of benzene rings is 1. The maximum absolute atomic E-state index is 12.7. The van der Waals surface area contributed by atoms with Gasteiger partial charge in [-0.15, -0.1) is 0 Å². The van der Waals surface area contributed by atoms with E-state index < -0.39 is 10.0 Å². The lowest BCUT2D eigenvalue weighted by atomic mass is 10.0. The maximum Gasteiger partial charge on any atom is 0.243 e. The Morgan fingerprint density at radius 2 is 1.72 bits per heavy atom. The van der Waals surface area contributed by atoms with Crippen LogP contribution in [0.15, 0.2) is 35.2 Å². The van der Waals surface area contributed by atoms with Crippen molar-refractivity contribution in [1.82, 2.24) is 14.5 Å². The molecule has 1 heterocycles. The Morgan fingerprint density at radius 1 is 1.16 bits per heavy atom. The average molecular weight is 368 g/mol. The van der Waals surface area contributed by atoms with Crippen molar-refractivity contribution >= 4 is 15.9 Å². The van der Waals surface area contributed by atoms with E-state index in [0.29, 0.717) is 31.1 Å². The Bertz CT molecular complexity index is 681. The molecule has 1 N–H and O–H groups in total. The lowest BCUT2D eigenvalue weighted by Crippen LogP contribution is -2.57. The molecule has 1 aliphatic rings. The van der Waals surface area contributed by atoms with Crippen LogP contribution in [0.3, 0.4) is 0 Å². The zero-order valence-corrected chi connectivity index (χ0v) is 16.3. The van der Waals surface area contributed by atoms with Crippen molar-refractivity contribution in [1.29, 1.82) is 0 Å². The van der Waals surface area contributed by atoms with Crippen LogP contribution in [-0.4, -0.2) is 61.3 Å². The third-order valence-corrected chi connectivity index (χ3v) is 6.84. The average Bonchev–Trinajstić information content (AvgIpc) is 2.61. The molecule has 2 rings (SSSR count). The normalized spacial score (nSPS) is 18.7. The Balaban J connectivity index is 1.96. The van der Waals surface area contributed by atoms with E-state index in [4.69, 9.17) is 0 Å². The van der Waals surface area contributed by atoms with E-state index in [2.05, 4.69) is 5.32 Å². The molecule has 1 aromatic rings. The molecule has 0 aliphatic carbocycles. The molecule has 1 fully saturated rings. The molecule has 1 aliphatic heterocycles. The predicted octanol–water partition coefficient (Wildman–Crippen LogP) is 1.69. The van der Waals surface area contributed by atoms with Crippen LogP contribution in [-0.2, 0) is 14.8 Å². The molecule has 1 unspecified atom stereocenters. The molecule has 1 aromatic carbocycles. The summed E-state index contributed by atoms with van der Waals surface area (Å²) in [6, 6.07) is 8.22. The molecule has 0 saturated carbocycles. The van der Waals surface area contributed by atoms with Gasteiger partial charge in [0.25, 0.3) is 0 Å². The van der Waals surface area contributed by atoms with Crippen LogP contribution in [0.5, 0.6) is 0 Å². The van der Waals surface area contributed by atoms with Gasteiger partial charge in [-0.05, 0) is 39.3 Å². The predicted molar refractivity (Wildman–Crippen MR) is 98.7 cm³/mol. The van der Waals surface area contributed by atoms with Crippen LogP contribution < -0.4 is 5.32 Å². The molecular weight excluding hydrogens is 338 g/mol. The molecular formula is C18H29N3O3S. The molecule has 1 saturated heterocycles. The first-order valence-corrected chi connectivity index (χ1v) is 10.2. The fourth-order valence-electron chi connectivity index (χ4n) is 2.76. The van der Waals surface area contributed by atoms with Gasteiger partial charge in [0, 0.05) is 31.7 Å². The van der Waals surface area contributed by atoms with Gasteiger partial charge in [0.15, 0.2) is 0 Å². The summed E-state index contributed by atoms with van der Waals surface area (Å²) in [5.74, 6) is -0.00813. The number of nitrogens with zero attached hydrogens (tertiary/aromatic N) is 2. The van der Waals surface area contributed by atoms with Crippen LogP contribution in [0.25, 0.3) is 0 Å². The molecule has 7 heteroatoms. The largest absolute Gasteiger partial charge is 0.350 e. The van der Waals surface area contributed by atoms with Gasteiger partial charge in [0.05, 0.1) is 10.9 Å². The summed E-state index contributed by atoms with van der Waals surface area (Å²) < 4.78 is 26.8. The molecule has 25 heavy (non-hydrogen) atoms. The minimum absolute atomic E-state index is 0.00813. The van der Waals surface area contributed by atoms with Gasteiger partial charge in [-0.1, -0.05) is 25.1 Å². The van der Waals surface area contributed by atoms with Crippen molar-refractivity contribution in [2.75, 3.05) is 26.2 Å². The first kappa shape index (κ1) is 19.9. The van der Waals surface area contributed by atoms with Gasteiger partial charge >= 0.3 is 0 Å². The maximum atomic E-state index is 12.7. The second-order valence-corrected chi connectivity index (χ2v) is 9.09. The van der Waals surface area contributed by atoms with Gasteiger partial charge in [-0.2, -0.15) is 4.31 Å². The Morgan fingerprint density at radius 3 is 2.24 bits per heavy atom. The summed E-state index contributed by atoms with van der Waals surface area (Å²) in [4.78, 5) is 14.8. The topological polar surface area (TPSA) is 69.7 Å². The van der Waals surface area contributed by atoms with Gasteiger partial charge in [0.2, 0.25) is 15.9 Å². The summed E-state index contributed by atoms with van der Waals surface area (Å²) in [7, 11) is -3.46. The van der Waals surface area contributed by atoms with E-state index in [1.165, 1.54) is 4.31 Å².